The molecule has 0 bridgehead atoms. The predicted molar refractivity (Wildman–Crippen MR) is 80.9 cm³/mol. The molecular formula is C14H18N2O5S. The van der Waals surface area contributed by atoms with Crippen molar-refractivity contribution in [2.24, 2.45) is 0 Å². The lowest BCUT2D eigenvalue weighted by Gasteiger charge is -2.34. The average molecular weight is 326 g/mol. The van der Waals surface area contributed by atoms with E-state index in [9.17, 15) is 13.2 Å². The van der Waals surface area contributed by atoms with Crippen LogP contribution in [0.25, 0.3) is 0 Å². The highest BCUT2D eigenvalue weighted by Gasteiger charge is 2.48. The Bertz CT molecular complexity index is 695. The largest absolute Gasteiger partial charge is 0.454 e. The van der Waals surface area contributed by atoms with Gasteiger partial charge in [-0.2, -0.15) is 0 Å². The maximum atomic E-state index is 12.6. The molecule has 22 heavy (non-hydrogen) atoms. The Balaban J connectivity index is 1.85. The Kier molecular flexibility index (Phi) is 3.73. The van der Waals surface area contributed by atoms with Gasteiger partial charge in [0, 0.05) is 18.0 Å². The maximum Gasteiger partial charge on any atom is 0.245 e. The lowest BCUT2D eigenvalue weighted by Crippen LogP contribution is -2.55. The van der Waals surface area contributed by atoms with Crippen LogP contribution < -0.4 is 20.1 Å². The second-order valence-electron chi connectivity index (χ2n) is 5.54. The van der Waals surface area contributed by atoms with Gasteiger partial charge in [0.05, 0.1) is 0 Å². The van der Waals surface area contributed by atoms with Crippen LogP contribution in [0.1, 0.15) is 12.8 Å². The number of anilines is 1. The molecule has 7 nitrogen and oxygen atoms in total. The van der Waals surface area contributed by atoms with Crippen LogP contribution in [0, 0.1) is 0 Å². The molecule has 2 heterocycles. The first-order valence-corrected chi connectivity index (χ1v) is 8.93. The standard InChI is InChI=1S/C14H18N2O5S/c1-22(18,19)14(4-6-15-7-5-14)13(17)16-10-2-3-11-12(8-10)21-9-20-11/h2-3,8,15H,4-7,9H2,1H3,(H,16,17). The van der Waals surface area contributed by atoms with Gasteiger partial charge in [0.1, 0.15) is 0 Å². The summed E-state index contributed by atoms with van der Waals surface area (Å²) >= 11 is 0. The molecule has 1 fully saturated rings. The molecule has 2 aliphatic rings. The monoisotopic (exact) mass is 326 g/mol. The first kappa shape index (κ1) is 15.1. The Morgan fingerprint density at radius 1 is 1.23 bits per heavy atom. The van der Waals surface area contributed by atoms with Crippen molar-refractivity contribution in [2.75, 3.05) is 31.5 Å². The van der Waals surface area contributed by atoms with E-state index in [2.05, 4.69) is 10.6 Å². The molecule has 0 aromatic heterocycles. The van der Waals surface area contributed by atoms with Gasteiger partial charge >= 0.3 is 0 Å². The number of piperidine rings is 1. The molecule has 1 aromatic carbocycles. The van der Waals surface area contributed by atoms with Crippen LogP contribution in [0.3, 0.4) is 0 Å². The van der Waals surface area contributed by atoms with Crippen LogP contribution in [0.4, 0.5) is 5.69 Å². The Morgan fingerprint density at radius 2 is 1.91 bits per heavy atom. The fraction of sp³-hybridized carbons (Fsp3) is 0.500. The number of nitrogens with one attached hydrogen (secondary N) is 2. The van der Waals surface area contributed by atoms with E-state index in [-0.39, 0.29) is 19.6 Å². The number of hydrogen-bond donors (Lipinski definition) is 2. The molecular weight excluding hydrogens is 308 g/mol. The van der Waals surface area contributed by atoms with Crippen molar-refractivity contribution in [1.29, 1.82) is 0 Å². The van der Waals surface area contributed by atoms with Crippen molar-refractivity contribution < 1.29 is 22.7 Å². The van der Waals surface area contributed by atoms with Gasteiger partial charge in [-0.1, -0.05) is 0 Å². The van der Waals surface area contributed by atoms with Gasteiger partial charge in [0.15, 0.2) is 26.1 Å². The van der Waals surface area contributed by atoms with Crippen molar-refractivity contribution in [3.63, 3.8) is 0 Å². The van der Waals surface area contributed by atoms with Gasteiger partial charge in [-0.25, -0.2) is 8.42 Å². The second-order valence-corrected chi connectivity index (χ2v) is 7.86. The number of fused-ring (bicyclic) bond motifs is 1. The minimum Gasteiger partial charge on any atom is -0.454 e. The molecule has 1 saturated heterocycles. The highest BCUT2D eigenvalue weighted by atomic mass is 32.2. The van der Waals surface area contributed by atoms with E-state index in [4.69, 9.17) is 9.47 Å². The topological polar surface area (TPSA) is 93.7 Å². The van der Waals surface area contributed by atoms with E-state index in [0.29, 0.717) is 30.3 Å². The van der Waals surface area contributed by atoms with E-state index in [1.54, 1.807) is 18.2 Å². The summed E-state index contributed by atoms with van der Waals surface area (Å²) in [6, 6.07) is 4.99. The minimum atomic E-state index is -3.53. The summed E-state index contributed by atoms with van der Waals surface area (Å²) in [4.78, 5) is 12.6. The highest BCUT2D eigenvalue weighted by Crippen LogP contribution is 2.35. The molecule has 8 heteroatoms. The summed E-state index contributed by atoms with van der Waals surface area (Å²) in [5.41, 5.74) is 0.496. The van der Waals surface area contributed by atoms with Gasteiger partial charge in [-0.3, -0.25) is 4.79 Å². The van der Waals surface area contributed by atoms with E-state index in [0.717, 1.165) is 6.26 Å². The molecule has 0 unspecified atom stereocenters. The molecule has 0 spiro atoms. The summed E-state index contributed by atoms with van der Waals surface area (Å²) in [5, 5.41) is 5.79. The normalized spacial score (nSPS) is 19.7. The Labute approximate surface area is 128 Å². The number of benzene rings is 1. The van der Waals surface area contributed by atoms with Gasteiger partial charge in [0.25, 0.3) is 0 Å². The third-order valence-electron chi connectivity index (χ3n) is 4.17. The second kappa shape index (κ2) is 5.44. The fourth-order valence-electron chi connectivity index (χ4n) is 2.82. The van der Waals surface area contributed by atoms with Crippen molar-refractivity contribution in [3.8, 4) is 11.5 Å². The maximum absolute atomic E-state index is 12.6. The van der Waals surface area contributed by atoms with Crippen LogP contribution in [0.5, 0.6) is 11.5 Å². The number of sulfone groups is 1. The number of hydrogen-bond acceptors (Lipinski definition) is 6. The molecule has 2 N–H and O–H groups in total. The zero-order valence-electron chi connectivity index (χ0n) is 12.2. The summed E-state index contributed by atoms with van der Waals surface area (Å²) in [5.74, 6) is 0.657. The summed E-state index contributed by atoms with van der Waals surface area (Å²) in [6.45, 7) is 1.15. The van der Waals surface area contributed by atoms with Crippen molar-refractivity contribution >= 4 is 21.4 Å². The lowest BCUT2D eigenvalue weighted by atomic mass is 9.95. The van der Waals surface area contributed by atoms with Crippen molar-refractivity contribution in [2.45, 2.75) is 17.6 Å². The van der Waals surface area contributed by atoms with Gasteiger partial charge < -0.3 is 20.1 Å². The number of carbonyl (C=O) groups is 1. The molecule has 3 rings (SSSR count). The molecule has 2 aliphatic heterocycles. The Morgan fingerprint density at radius 3 is 2.59 bits per heavy atom. The molecule has 0 aliphatic carbocycles. The van der Waals surface area contributed by atoms with E-state index < -0.39 is 20.5 Å². The van der Waals surface area contributed by atoms with E-state index in [1.807, 2.05) is 0 Å². The highest BCUT2D eigenvalue weighted by molar-refractivity contribution is 7.92. The lowest BCUT2D eigenvalue weighted by molar-refractivity contribution is -0.119. The van der Waals surface area contributed by atoms with E-state index in [1.165, 1.54) is 0 Å². The molecule has 120 valence electrons. The number of ether oxygens (including phenoxy) is 2. The molecule has 0 radical (unpaired) electrons. The van der Waals surface area contributed by atoms with Gasteiger partial charge in [-0.05, 0) is 38.1 Å². The fourth-order valence-corrected chi connectivity index (χ4v) is 4.15. The van der Waals surface area contributed by atoms with Crippen LogP contribution in [-0.4, -0.2) is 45.2 Å². The van der Waals surface area contributed by atoms with E-state index >= 15 is 0 Å². The number of amides is 1. The van der Waals surface area contributed by atoms with Crippen LogP contribution in [-0.2, 0) is 14.6 Å². The third-order valence-corrected chi connectivity index (χ3v) is 6.18. The summed E-state index contributed by atoms with van der Waals surface area (Å²) in [7, 11) is -3.53. The van der Waals surface area contributed by atoms with Gasteiger partial charge in [0.2, 0.25) is 12.7 Å². The first-order chi connectivity index (χ1) is 10.4. The molecule has 1 aromatic rings. The van der Waals surface area contributed by atoms with Gasteiger partial charge in [-0.15, -0.1) is 0 Å². The zero-order valence-corrected chi connectivity index (χ0v) is 13.0. The third kappa shape index (κ3) is 2.52. The van der Waals surface area contributed by atoms with Crippen LogP contribution in [0.15, 0.2) is 18.2 Å². The average Bonchev–Trinajstić information content (AvgIpc) is 2.94. The SMILES string of the molecule is CS(=O)(=O)C1(C(=O)Nc2ccc3c(c2)OCO3)CCNCC1. The molecule has 1 amide bonds. The smallest absolute Gasteiger partial charge is 0.245 e. The quantitative estimate of drug-likeness (QED) is 0.841. The predicted octanol–water partition coefficient (Wildman–Crippen LogP) is 0.521. The van der Waals surface area contributed by atoms with Crippen molar-refractivity contribution in [1.82, 2.24) is 5.32 Å². The minimum absolute atomic E-state index is 0.145. The first-order valence-electron chi connectivity index (χ1n) is 7.04. The van der Waals surface area contributed by atoms with Crippen LogP contribution in [0.2, 0.25) is 0 Å². The van der Waals surface area contributed by atoms with Crippen LogP contribution >= 0.6 is 0 Å². The number of rotatable bonds is 3. The summed E-state index contributed by atoms with van der Waals surface area (Å²) in [6.07, 6.45) is 1.65. The zero-order chi connectivity index (χ0) is 15.8. The summed E-state index contributed by atoms with van der Waals surface area (Å²) < 4.78 is 33.5. The van der Waals surface area contributed by atoms with Crippen molar-refractivity contribution in [3.05, 3.63) is 18.2 Å². The number of carbonyl (C=O) groups excluding carboxylic acids is 1. The Hall–Kier alpha value is -1.80. The molecule has 0 atom stereocenters. The molecule has 0 saturated carbocycles.